The number of carbonyl (C=O) groups excluding carboxylic acids is 1. The number of likely N-dealkylation sites (N-methyl/N-ethyl adjacent to an activating group) is 1. The third-order valence-electron chi connectivity index (χ3n) is 3.10. The Labute approximate surface area is 127 Å². The average Bonchev–Trinajstić information content (AvgIpc) is 3.16. The Bertz CT molecular complexity index is 554. The van der Waals surface area contributed by atoms with Crippen molar-refractivity contribution >= 4 is 17.3 Å². The van der Waals surface area contributed by atoms with Crippen molar-refractivity contribution in [1.29, 1.82) is 0 Å². The van der Waals surface area contributed by atoms with Gasteiger partial charge in [0.05, 0.1) is 18.5 Å². The zero-order valence-electron chi connectivity index (χ0n) is 12.2. The molecule has 2 heterocycles. The zero-order chi connectivity index (χ0) is 15.1. The summed E-state index contributed by atoms with van der Waals surface area (Å²) < 4.78 is 9.91. The molecule has 0 unspecified atom stereocenters. The van der Waals surface area contributed by atoms with E-state index in [0.29, 0.717) is 24.7 Å². The Balaban J connectivity index is 1.79. The summed E-state index contributed by atoms with van der Waals surface area (Å²) in [5.41, 5.74) is 0. The predicted molar refractivity (Wildman–Crippen MR) is 80.1 cm³/mol. The van der Waals surface area contributed by atoms with Gasteiger partial charge in [0.2, 0.25) is 11.7 Å². The second-order valence-electron chi connectivity index (χ2n) is 4.54. The first-order valence-electron chi connectivity index (χ1n) is 6.88. The summed E-state index contributed by atoms with van der Waals surface area (Å²) in [6.45, 7) is 3.93. The first kappa shape index (κ1) is 15.7. The highest BCUT2D eigenvalue weighted by atomic mass is 32.1. The molecule has 0 aromatic carbocycles. The van der Waals surface area contributed by atoms with Crippen LogP contribution in [0.25, 0.3) is 10.7 Å². The van der Waals surface area contributed by atoms with Crippen LogP contribution in [0.15, 0.2) is 22.0 Å². The lowest BCUT2D eigenvalue weighted by Gasteiger charge is -2.17. The number of rotatable bonds is 8. The molecule has 0 saturated carbocycles. The lowest BCUT2D eigenvalue weighted by atomic mass is 10.3. The fourth-order valence-corrected chi connectivity index (χ4v) is 2.56. The zero-order valence-corrected chi connectivity index (χ0v) is 13.1. The van der Waals surface area contributed by atoms with E-state index < -0.39 is 0 Å². The van der Waals surface area contributed by atoms with Gasteiger partial charge in [-0.1, -0.05) is 18.1 Å². The number of hydrogen-bond donors (Lipinski definition) is 0. The summed E-state index contributed by atoms with van der Waals surface area (Å²) in [5, 5.41) is 5.96. The van der Waals surface area contributed by atoms with E-state index in [9.17, 15) is 4.79 Å². The lowest BCUT2D eigenvalue weighted by molar-refractivity contribution is -0.141. The summed E-state index contributed by atoms with van der Waals surface area (Å²) >= 11 is 1.59. The molecule has 0 bridgehead atoms. The molecule has 0 spiro atoms. The van der Waals surface area contributed by atoms with Gasteiger partial charge in [0.15, 0.2) is 0 Å². The third-order valence-corrected chi connectivity index (χ3v) is 3.97. The van der Waals surface area contributed by atoms with E-state index in [1.54, 1.807) is 11.3 Å². The normalized spacial score (nSPS) is 11.0. The molecular formula is C14H19N3O3S. The van der Waals surface area contributed by atoms with Gasteiger partial charge in [-0.05, 0) is 31.0 Å². The molecule has 6 nitrogen and oxygen atoms in total. The van der Waals surface area contributed by atoms with Crippen LogP contribution in [0.5, 0.6) is 0 Å². The van der Waals surface area contributed by atoms with E-state index in [0.717, 1.165) is 24.4 Å². The first-order chi connectivity index (χ1) is 10.2. The Hall–Kier alpha value is -1.73. The Kier molecular flexibility index (Phi) is 5.89. The number of ether oxygens (including phenoxy) is 1. The number of methoxy groups -OCH3 is 1. The molecule has 114 valence electrons. The van der Waals surface area contributed by atoms with Crippen molar-refractivity contribution < 1.29 is 14.1 Å². The number of thiophene rings is 1. The number of carbonyl (C=O) groups is 1. The van der Waals surface area contributed by atoms with Crippen molar-refractivity contribution in [2.24, 2.45) is 0 Å². The van der Waals surface area contributed by atoms with E-state index in [2.05, 4.69) is 14.9 Å². The van der Waals surface area contributed by atoms with Crippen LogP contribution in [0.1, 0.15) is 19.2 Å². The van der Waals surface area contributed by atoms with Crippen molar-refractivity contribution in [1.82, 2.24) is 15.0 Å². The van der Waals surface area contributed by atoms with Crippen molar-refractivity contribution in [2.75, 3.05) is 26.7 Å². The van der Waals surface area contributed by atoms with Crippen molar-refractivity contribution in [3.8, 4) is 10.7 Å². The second kappa shape index (κ2) is 7.90. The van der Waals surface area contributed by atoms with Crippen molar-refractivity contribution in [3.05, 3.63) is 23.4 Å². The molecule has 0 aliphatic rings. The summed E-state index contributed by atoms with van der Waals surface area (Å²) in [6, 6.07) is 3.93. The second-order valence-corrected chi connectivity index (χ2v) is 5.49. The summed E-state index contributed by atoms with van der Waals surface area (Å²) in [6.07, 6.45) is 1.56. The van der Waals surface area contributed by atoms with Crippen LogP contribution in [0, 0.1) is 0 Å². The maximum atomic E-state index is 11.2. The highest BCUT2D eigenvalue weighted by Gasteiger charge is 2.11. The molecule has 21 heavy (non-hydrogen) atoms. The number of hydrogen-bond acceptors (Lipinski definition) is 7. The summed E-state index contributed by atoms with van der Waals surface area (Å²) in [4.78, 5) is 18.7. The van der Waals surface area contributed by atoms with E-state index >= 15 is 0 Å². The molecule has 2 rings (SSSR count). The molecule has 0 saturated heterocycles. The topological polar surface area (TPSA) is 68.5 Å². The molecule has 0 radical (unpaired) electrons. The van der Waals surface area contributed by atoms with E-state index in [4.69, 9.17) is 4.52 Å². The minimum absolute atomic E-state index is 0.213. The Morgan fingerprint density at radius 1 is 1.52 bits per heavy atom. The summed E-state index contributed by atoms with van der Waals surface area (Å²) in [7, 11) is 1.40. The molecule has 2 aromatic rings. The van der Waals surface area contributed by atoms with E-state index in [-0.39, 0.29) is 5.97 Å². The average molecular weight is 309 g/mol. The van der Waals surface area contributed by atoms with Crippen molar-refractivity contribution in [3.63, 3.8) is 0 Å². The minimum atomic E-state index is -0.213. The van der Waals surface area contributed by atoms with Gasteiger partial charge in [0.25, 0.3) is 0 Å². The van der Waals surface area contributed by atoms with Gasteiger partial charge in [0, 0.05) is 6.42 Å². The van der Waals surface area contributed by atoms with E-state index in [1.165, 1.54) is 7.11 Å². The van der Waals surface area contributed by atoms with E-state index in [1.807, 2.05) is 29.3 Å². The highest BCUT2D eigenvalue weighted by molar-refractivity contribution is 7.13. The number of nitrogens with zero attached hydrogens (tertiary/aromatic N) is 3. The van der Waals surface area contributed by atoms with Crippen LogP contribution in [0.2, 0.25) is 0 Å². The van der Waals surface area contributed by atoms with Gasteiger partial charge < -0.3 is 9.26 Å². The molecular weight excluding hydrogens is 290 g/mol. The van der Waals surface area contributed by atoms with Gasteiger partial charge in [-0.3, -0.25) is 9.69 Å². The SMILES string of the molecule is CCN(CCCc1nc(-c2cccs2)no1)CC(=O)OC. The predicted octanol–water partition coefficient (Wildman–Crippen LogP) is 2.23. The molecule has 0 aliphatic heterocycles. The Morgan fingerprint density at radius 3 is 3.05 bits per heavy atom. The van der Waals surface area contributed by atoms with Crippen LogP contribution < -0.4 is 0 Å². The largest absolute Gasteiger partial charge is 0.468 e. The maximum Gasteiger partial charge on any atom is 0.319 e. The maximum absolute atomic E-state index is 11.2. The highest BCUT2D eigenvalue weighted by Crippen LogP contribution is 2.21. The van der Waals surface area contributed by atoms with Crippen LogP contribution >= 0.6 is 11.3 Å². The smallest absolute Gasteiger partial charge is 0.319 e. The Morgan fingerprint density at radius 2 is 2.38 bits per heavy atom. The van der Waals surface area contributed by atoms with Gasteiger partial charge in [0.1, 0.15) is 0 Å². The van der Waals surface area contributed by atoms with Gasteiger partial charge in [-0.25, -0.2) is 0 Å². The monoisotopic (exact) mass is 309 g/mol. The van der Waals surface area contributed by atoms with Crippen molar-refractivity contribution in [2.45, 2.75) is 19.8 Å². The number of aromatic nitrogens is 2. The first-order valence-corrected chi connectivity index (χ1v) is 7.76. The molecule has 0 fully saturated rings. The number of aryl methyl sites for hydroxylation is 1. The minimum Gasteiger partial charge on any atom is -0.468 e. The fraction of sp³-hybridized carbons (Fsp3) is 0.500. The standard InChI is InChI=1S/C14H19N3O3S/c1-3-17(10-13(18)19-2)8-4-7-12-15-14(16-20-12)11-6-5-9-21-11/h5-6,9H,3-4,7-8,10H2,1-2H3. The van der Waals surface area contributed by atoms with Crippen LogP contribution in [0.3, 0.4) is 0 Å². The summed E-state index contributed by atoms with van der Waals surface area (Å²) in [5.74, 6) is 1.06. The quantitative estimate of drug-likeness (QED) is 0.697. The fourth-order valence-electron chi connectivity index (χ4n) is 1.91. The lowest BCUT2D eigenvalue weighted by Crippen LogP contribution is -2.31. The van der Waals surface area contributed by atoms with Crippen LogP contribution in [-0.4, -0.2) is 47.8 Å². The van der Waals surface area contributed by atoms with Crippen LogP contribution in [0.4, 0.5) is 0 Å². The van der Waals surface area contributed by atoms with Gasteiger partial charge >= 0.3 is 5.97 Å². The molecule has 2 aromatic heterocycles. The molecule has 0 aliphatic carbocycles. The third kappa shape index (κ3) is 4.64. The van der Waals surface area contributed by atoms with Gasteiger partial charge in [-0.2, -0.15) is 4.98 Å². The molecule has 0 N–H and O–H groups in total. The molecule has 0 atom stereocenters. The van der Waals surface area contributed by atoms with Crippen LogP contribution in [-0.2, 0) is 16.0 Å². The number of esters is 1. The molecule has 0 amide bonds. The van der Waals surface area contributed by atoms with Gasteiger partial charge in [-0.15, -0.1) is 11.3 Å². The molecule has 7 heteroatoms.